The van der Waals surface area contributed by atoms with E-state index in [9.17, 15) is 39.6 Å². The van der Waals surface area contributed by atoms with Crippen molar-refractivity contribution >= 4 is 29.2 Å². The van der Waals surface area contributed by atoms with Crippen molar-refractivity contribution in [3.05, 3.63) is 63.8 Å². The number of aliphatic hydroxyl groups is 3. The molecule has 3 aliphatic rings. The Kier molecular flexibility index (Phi) is 7.13. The maximum atomic E-state index is 14.3. The van der Waals surface area contributed by atoms with Gasteiger partial charge in [-0.2, -0.15) is 0 Å². The summed E-state index contributed by atoms with van der Waals surface area (Å²) in [5.41, 5.74) is -3.58. The molecule has 0 spiro atoms. The molecule has 41 heavy (non-hydrogen) atoms. The largest absolute Gasteiger partial charge is 0.511 e. The molecule has 6 atom stereocenters. The first-order valence-electron chi connectivity index (χ1n) is 13.9. The van der Waals surface area contributed by atoms with Crippen molar-refractivity contribution in [3.8, 4) is 5.75 Å². The lowest BCUT2D eigenvalue weighted by Gasteiger charge is -2.65. The zero-order valence-electron chi connectivity index (χ0n) is 24.6. The summed E-state index contributed by atoms with van der Waals surface area (Å²) in [4.78, 5) is 54.3. The van der Waals surface area contributed by atoms with Crippen LogP contribution in [0.15, 0.2) is 47.1 Å². The monoisotopic (exact) mass is 562 g/mol. The summed E-state index contributed by atoms with van der Waals surface area (Å²) in [5, 5.41) is 47.1. The molecule has 0 aliphatic heterocycles. The van der Waals surface area contributed by atoms with Gasteiger partial charge in [0.2, 0.25) is 5.78 Å². The molecular formula is C33H38O8. The number of aliphatic hydroxyl groups excluding tert-OH is 2. The Labute approximate surface area is 239 Å². The number of carbonyl (C=O) groups excluding carboxylic acids is 4. The van der Waals surface area contributed by atoms with Crippen LogP contribution in [0.1, 0.15) is 88.7 Å². The van der Waals surface area contributed by atoms with Gasteiger partial charge in [-0.15, -0.1) is 5.73 Å². The fourth-order valence-electron chi connectivity index (χ4n) is 8.18. The minimum atomic E-state index is -2.82. The molecular weight excluding hydrogens is 524 g/mol. The average Bonchev–Trinajstić information content (AvgIpc) is 2.88. The van der Waals surface area contributed by atoms with Gasteiger partial charge < -0.3 is 20.4 Å². The van der Waals surface area contributed by atoms with Crippen LogP contribution in [-0.4, -0.2) is 49.2 Å². The van der Waals surface area contributed by atoms with E-state index in [0.717, 1.165) is 6.92 Å². The molecule has 0 bridgehead atoms. The normalized spacial score (nSPS) is 32.8. The quantitative estimate of drug-likeness (QED) is 0.270. The second-order valence-corrected chi connectivity index (χ2v) is 12.4. The second kappa shape index (κ2) is 9.68. The van der Waals surface area contributed by atoms with E-state index in [1.165, 1.54) is 6.08 Å². The molecule has 0 saturated carbocycles. The van der Waals surface area contributed by atoms with Gasteiger partial charge in [0.15, 0.2) is 17.2 Å². The first-order valence-corrected chi connectivity index (χ1v) is 13.9. The highest BCUT2D eigenvalue weighted by atomic mass is 16.4. The third-order valence-electron chi connectivity index (χ3n) is 10.3. The fourth-order valence-corrected chi connectivity index (χ4v) is 8.18. The van der Waals surface area contributed by atoms with Crippen LogP contribution >= 0.6 is 0 Å². The van der Waals surface area contributed by atoms with Crippen LogP contribution in [0.2, 0.25) is 0 Å². The van der Waals surface area contributed by atoms with Crippen LogP contribution < -0.4 is 0 Å². The number of fused-ring (bicyclic) bond motifs is 3. The lowest BCUT2D eigenvalue weighted by Crippen LogP contribution is -2.71. The standard InChI is InChI=1S/C33H38O8/c1-9-11-18-12-13-20-16(5)31(7)21(14-19(35)10-2)32(8)24(15(3)4)27(37)22(17(6)34)29(39)33(32,41)30(40)25(31)28(38)23(20)26(18)36/h11-13,15-16,21,24,36-37,40-41H,1,10,14H2,2-8H3/t16-,21-,24?,31-,32-,33+/m1/s1. The molecule has 8 heteroatoms. The van der Waals surface area contributed by atoms with Crippen molar-refractivity contribution in [2.75, 3.05) is 0 Å². The van der Waals surface area contributed by atoms with E-state index in [0.29, 0.717) is 5.56 Å². The van der Waals surface area contributed by atoms with E-state index in [2.05, 4.69) is 12.3 Å². The Morgan fingerprint density at radius 1 is 1.15 bits per heavy atom. The molecule has 4 rings (SSSR count). The van der Waals surface area contributed by atoms with E-state index < -0.39 is 74.5 Å². The highest BCUT2D eigenvalue weighted by Crippen LogP contribution is 2.71. The van der Waals surface area contributed by atoms with Gasteiger partial charge in [0, 0.05) is 40.7 Å². The van der Waals surface area contributed by atoms with Crippen molar-refractivity contribution in [2.45, 2.75) is 72.8 Å². The highest BCUT2D eigenvalue weighted by Gasteiger charge is 2.75. The van der Waals surface area contributed by atoms with Crippen LogP contribution in [0.4, 0.5) is 0 Å². The minimum absolute atomic E-state index is 0.0952. The van der Waals surface area contributed by atoms with Gasteiger partial charge in [-0.3, -0.25) is 19.2 Å². The Bertz CT molecular complexity index is 1520. The van der Waals surface area contributed by atoms with E-state index in [1.807, 2.05) is 6.92 Å². The number of hydrogen-bond acceptors (Lipinski definition) is 8. The molecule has 0 fully saturated rings. The molecule has 0 saturated heterocycles. The van der Waals surface area contributed by atoms with E-state index in [-0.39, 0.29) is 41.1 Å². The number of phenols is 1. The first-order chi connectivity index (χ1) is 19.0. The number of allylic oxidation sites excluding steroid dienone is 2. The minimum Gasteiger partial charge on any atom is -0.511 e. The summed E-state index contributed by atoms with van der Waals surface area (Å²) < 4.78 is 0. The van der Waals surface area contributed by atoms with E-state index >= 15 is 0 Å². The van der Waals surface area contributed by atoms with Crippen molar-refractivity contribution in [2.24, 2.45) is 28.6 Å². The lowest BCUT2D eigenvalue weighted by molar-refractivity contribution is -0.193. The number of carbonyl (C=O) groups is 4. The number of rotatable bonds is 6. The van der Waals surface area contributed by atoms with Gasteiger partial charge in [0.25, 0.3) is 0 Å². The predicted molar refractivity (Wildman–Crippen MR) is 152 cm³/mol. The maximum Gasteiger partial charge on any atom is 0.209 e. The van der Waals surface area contributed by atoms with Crippen LogP contribution in [0.25, 0.3) is 6.08 Å². The van der Waals surface area contributed by atoms with Gasteiger partial charge in [-0.1, -0.05) is 60.3 Å². The molecule has 4 N–H and O–H groups in total. The first kappa shape index (κ1) is 30.2. The van der Waals surface area contributed by atoms with E-state index in [4.69, 9.17) is 0 Å². The summed E-state index contributed by atoms with van der Waals surface area (Å²) in [7, 11) is 0. The van der Waals surface area contributed by atoms with Crippen molar-refractivity contribution in [1.29, 1.82) is 0 Å². The summed E-state index contributed by atoms with van der Waals surface area (Å²) >= 11 is 0. The average molecular weight is 563 g/mol. The molecule has 3 aliphatic carbocycles. The fraction of sp³-hybridized carbons (Fsp3) is 0.485. The second-order valence-electron chi connectivity index (χ2n) is 12.4. The third kappa shape index (κ3) is 3.57. The van der Waals surface area contributed by atoms with Crippen LogP contribution in [0.5, 0.6) is 5.75 Å². The van der Waals surface area contributed by atoms with Crippen molar-refractivity contribution in [3.63, 3.8) is 0 Å². The summed E-state index contributed by atoms with van der Waals surface area (Å²) in [6.07, 6.45) is 1.37. The molecule has 0 heterocycles. The molecule has 1 aromatic rings. The van der Waals surface area contributed by atoms with Gasteiger partial charge in [0.05, 0.1) is 5.56 Å². The SMILES string of the molecule is C=C=Cc1ccc2c(c1O)C(=O)C1=C(O)[C@@]3(O)C(=O)C(C(C)=O)=C(O)C(C(C)C)[C@@]3(C)[C@H](CC(=O)CC)[C@@]1(C)[C@@H]2C. The van der Waals surface area contributed by atoms with Gasteiger partial charge in [-0.05, 0) is 36.3 Å². The lowest BCUT2D eigenvalue weighted by atomic mass is 9.38. The Hall–Kier alpha value is -3.74. The van der Waals surface area contributed by atoms with Crippen LogP contribution in [0.3, 0.4) is 0 Å². The number of Topliss-reactive ketones (excluding diaryl/α,β-unsaturated/α-hetero) is 4. The Morgan fingerprint density at radius 3 is 2.27 bits per heavy atom. The molecule has 0 amide bonds. The van der Waals surface area contributed by atoms with Crippen molar-refractivity contribution in [1.82, 2.24) is 0 Å². The van der Waals surface area contributed by atoms with E-state index in [1.54, 1.807) is 46.8 Å². The molecule has 218 valence electrons. The molecule has 1 aromatic carbocycles. The summed E-state index contributed by atoms with van der Waals surface area (Å²) in [6, 6.07) is 3.31. The number of ketones is 4. The maximum absolute atomic E-state index is 14.3. The third-order valence-corrected chi connectivity index (χ3v) is 10.3. The number of aromatic hydroxyl groups is 1. The number of hydrogen-bond donors (Lipinski definition) is 4. The topological polar surface area (TPSA) is 149 Å². The van der Waals surface area contributed by atoms with Gasteiger partial charge in [0.1, 0.15) is 28.6 Å². The number of benzene rings is 1. The zero-order chi connectivity index (χ0) is 31.0. The number of phenolic OH excluding ortho intramolecular Hbond substituents is 1. The Morgan fingerprint density at radius 2 is 1.76 bits per heavy atom. The smallest absolute Gasteiger partial charge is 0.209 e. The van der Waals surface area contributed by atoms with Gasteiger partial charge >= 0.3 is 0 Å². The summed E-state index contributed by atoms with van der Waals surface area (Å²) in [6.45, 7) is 14.9. The summed E-state index contributed by atoms with van der Waals surface area (Å²) in [5.74, 6) is -7.82. The van der Waals surface area contributed by atoms with Crippen LogP contribution in [0, 0.1) is 28.6 Å². The Balaban J connectivity index is 2.23. The zero-order valence-corrected chi connectivity index (χ0v) is 24.6. The molecule has 0 aromatic heterocycles. The van der Waals surface area contributed by atoms with Crippen molar-refractivity contribution < 1.29 is 39.6 Å². The predicted octanol–water partition coefficient (Wildman–Crippen LogP) is 5.30. The highest BCUT2D eigenvalue weighted by molar-refractivity contribution is 6.25. The molecule has 0 radical (unpaired) electrons. The van der Waals surface area contributed by atoms with Gasteiger partial charge in [-0.25, -0.2) is 0 Å². The van der Waals surface area contributed by atoms with Crippen LogP contribution in [-0.2, 0) is 14.4 Å². The molecule has 8 nitrogen and oxygen atoms in total. The molecule has 1 unspecified atom stereocenters.